The minimum absolute atomic E-state index is 0.397. The van der Waals surface area contributed by atoms with Gasteiger partial charge in [-0.3, -0.25) is 4.98 Å². The van der Waals surface area contributed by atoms with Crippen LogP contribution >= 0.6 is 0 Å². The van der Waals surface area contributed by atoms with Crippen molar-refractivity contribution < 1.29 is 4.74 Å². The van der Waals surface area contributed by atoms with Crippen molar-refractivity contribution in [2.45, 2.75) is 44.8 Å². The van der Waals surface area contributed by atoms with Gasteiger partial charge in [-0.15, -0.1) is 0 Å². The quantitative estimate of drug-likeness (QED) is 0.869. The number of ether oxygens (including phenoxy) is 1. The second kappa shape index (κ2) is 6.30. The first kappa shape index (κ1) is 13.5. The molecule has 0 aromatic carbocycles. The molecule has 3 nitrogen and oxygen atoms in total. The van der Waals surface area contributed by atoms with Gasteiger partial charge in [0, 0.05) is 36.4 Å². The summed E-state index contributed by atoms with van der Waals surface area (Å²) in [5.41, 5.74) is 1.17. The van der Waals surface area contributed by atoms with E-state index in [0.717, 1.165) is 19.4 Å². The molecule has 1 aromatic rings. The summed E-state index contributed by atoms with van der Waals surface area (Å²) in [6, 6.07) is 6.59. The van der Waals surface area contributed by atoms with Crippen molar-refractivity contribution >= 4 is 0 Å². The Hall–Kier alpha value is -0.930. The average molecular weight is 248 g/mol. The summed E-state index contributed by atoms with van der Waals surface area (Å²) in [4.78, 5) is 4.49. The molecule has 1 aromatic heterocycles. The first-order chi connectivity index (χ1) is 8.77. The summed E-state index contributed by atoms with van der Waals surface area (Å²) in [6.07, 6.45) is 4.52. The third kappa shape index (κ3) is 2.73. The van der Waals surface area contributed by atoms with Gasteiger partial charge >= 0.3 is 0 Å². The minimum atomic E-state index is 0.397. The van der Waals surface area contributed by atoms with Crippen LogP contribution in [0.4, 0.5) is 0 Å². The number of nitrogens with zero attached hydrogens (tertiary/aromatic N) is 1. The highest BCUT2D eigenvalue weighted by atomic mass is 16.5. The van der Waals surface area contributed by atoms with Crippen LogP contribution in [0.3, 0.4) is 0 Å². The molecule has 3 heteroatoms. The van der Waals surface area contributed by atoms with Gasteiger partial charge in [0.2, 0.25) is 0 Å². The number of pyridine rings is 1. The zero-order chi connectivity index (χ0) is 13.0. The van der Waals surface area contributed by atoms with E-state index in [0.29, 0.717) is 24.0 Å². The zero-order valence-electron chi connectivity index (χ0n) is 11.6. The van der Waals surface area contributed by atoms with Crippen LogP contribution in [0.2, 0.25) is 0 Å². The van der Waals surface area contributed by atoms with Crippen molar-refractivity contribution in [1.29, 1.82) is 0 Å². The van der Waals surface area contributed by atoms with Gasteiger partial charge < -0.3 is 10.1 Å². The standard InChI is InChI=1S/C15H24N2O/c1-4-14-12(8-10-18-14)15(16-3)11(2)13-7-5-6-9-17-13/h5-7,9,11-12,14-16H,4,8,10H2,1-3H3. The van der Waals surface area contributed by atoms with E-state index in [9.17, 15) is 0 Å². The third-order valence-electron chi connectivity index (χ3n) is 4.15. The molecule has 18 heavy (non-hydrogen) atoms. The second-order valence-electron chi connectivity index (χ2n) is 5.13. The van der Waals surface area contributed by atoms with Crippen LogP contribution in [-0.2, 0) is 4.74 Å². The van der Waals surface area contributed by atoms with E-state index in [1.807, 2.05) is 12.3 Å². The molecule has 2 rings (SSSR count). The Balaban J connectivity index is 2.13. The molecule has 4 unspecified atom stereocenters. The van der Waals surface area contributed by atoms with Gasteiger partial charge in [-0.1, -0.05) is 19.9 Å². The van der Waals surface area contributed by atoms with Crippen LogP contribution in [0.1, 0.15) is 38.3 Å². The monoisotopic (exact) mass is 248 g/mol. The number of likely N-dealkylation sites (N-methyl/N-ethyl adjacent to an activating group) is 1. The van der Waals surface area contributed by atoms with Crippen molar-refractivity contribution in [1.82, 2.24) is 10.3 Å². The lowest BCUT2D eigenvalue weighted by Crippen LogP contribution is -2.41. The molecule has 0 spiro atoms. The molecule has 0 amide bonds. The Morgan fingerprint density at radius 2 is 2.33 bits per heavy atom. The smallest absolute Gasteiger partial charge is 0.0616 e. The lowest BCUT2D eigenvalue weighted by molar-refractivity contribution is 0.0755. The van der Waals surface area contributed by atoms with Gasteiger partial charge in [-0.25, -0.2) is 0 Å². The molecule has 1 saturated heterocycles. The molecule has 1 aliphatic rings. The lowest BCUT2D eigenvalue weighted by Gasteiger charge is -2.31. The van der Waals surface area contributed by atoms with Crippen LogP contribution in [0.15, 0.2) is 24.4 Å². The van der Waals surface area contributed by atoms with Crippen molar-refractivity contribution in [3.8, 4) is 0 Å². The molecule has 100 valence electrons. The van der Waals surface area contributed by atoms with E-state index in [-0.39, 0.29) is 0 Å². The number of hydrogen-bond donors (Lipinski definition) is 1. The molecule has 4 atom stereocenters. The molecule has 1 aliphatic heterocycles. The van der Waals surface area contributed by atoms with E-state index in [1.54, 1.807) is 0 Å². The van der Waals surface area contributed by atoms with E-state index in [1.165, 1.54) is 5.69 Å². The third-order valence-corrected chi connectivity index (χ3v) is 4.15. The van der Waals surface area contributed by atoms with Crippen molar-refractivity contribution in [3.63, 3.8) is 0 Å². The maximum absolute atomic E-state index is 5.82. The largest absolute Gasteiger partial charge is 0.378 e. The number of hydrogen-bond acceptors (Lipinski definition) is 3. The van der Waals surface area contributed by atoms with E-state index in [2.05, 4.69) is 43.3 Å². The molecule has 1 fully saturated rings. The van der Waals surface area contributed by atoms with Crippen LogP contribution < -0.4 is 5.32 Å². The maximum Gasteiger partial charge on any atom is 0.0616 e. The minimum Gasteiger partial charge on any atom is -0.378 e. The molecule has 0 radical (unpaired) electrons. The number of aromatic nitrogens is 1. The Kier molecular flexibility index (Phi) is 4.72. The normalized spacial score (nSPS) is 27.1. The number of rotatable bonds is 5. The first-order valence-electron chi connectivity index (χ1n) is 6.97. The Labute approximate surface area is 110 Å². The van der Waals surface area contributed by atoms with Gasteiger partial charge in [0.1, 0.15) is 0 Å². The van der Waals surface area contributed by atoms with Crippen LogP contribution in [0.25, 0.3) is 0 Å². The van der Waals surface area contributed by atoms with E-state index in [4.69, 9.17) is 4.74 Å². The van der Waals surface area contributed by atoms with Crippen molar-refractivity contribution in [2.24, 2.45) is 5.92 Å². The Morgan fingerprint density at radius 1 is 1.50 bits per heavy atom. The molecule has 0 bridgehead atoms. The fourth-order valence-electron chi connectivity index (χ4n) is 3.16. The summed E-state index contributed by atoms with van der Waals surface area (Å²) in [5.74, 6) is 1.01. The van der Waals surface area contributed by atoms with E-state index < -0.39 is 0 Å². The SMILES string of the molecule is CCC1OCCC1C(NC)C(C)c1ccccn1. The first-order valence-corrected chi connectivity index (χ1v) is 6.97. The predicted octanol–water partition coefficient (Wildman–Crippen LogP) is 2.59. The predicted molar refractivity (Wildman–Crippen MR) is 73.6 cm³/mol. The molecular weight excluding hydrogens is 224 g/mol. The highest BCUT2D eigenvalue weighted by molar-refractivity contribution is 5.12. The van der Waals surface area contributed by atoms with Crippen molar-refractivity contribution in [3.05, 3.63) is 30.1 Å². The van der Waals surface area contributed by atoms with Crippen molar-refractivity contribution in [2.75, 3.05) is 13.7 Å². The topological polar surface area (TPSA) is 34.1 Å². The highest BCUT2D eigenvalue weighted by Gasteiger charge is 2.36. The Morgan fingerprint density at radius 3 is 2.94 bits per heavy atom. The Bertz CT molecular complexity index is 355. The van der Waals surface area contributed by atoms with Gasteiger partial charge in [-0.2, -0.15) is 0 Å². The maximum atomic E-state index is 5.82. The number of nitrogens with one attached hydrogen (secondary N) is 1. The summed E-state index contributed by atoms with van der Waals surface area (Å²) >= 11 is 0. The average Bonchev–Trinajstić information content (AvgIpc) is 2.89. The summed E-state index contributed by atoms with van der Waals surface area (Å²) in [7, 11) is 2.05. The van der Waals surface area contributed by atoms with E-state index >= 15 is 0 Å². The molecule has 0 saturated carbocycles. The summed E-state index contributed by atoms with van der Waals surface area (Å²) in [5, 5.41) is 3.49. The van der Waals surface area contributed by atoms with Crippen LogP contribution in [0.5, 0.6) is 0 Å². The fourth-order valence-corrected chi connectivity index (χ4v) is 3.16. The van der Waals surface area contributed by atoms with Gasteiger partial charge in [0.05, 0.1) is 6.10 Å². The van der Waals surface area contributed by atoms with Gasteiger partial charge in [0.25, 0.3) is 0 Å². The lowest BCUT2D eigenvalue weighted by atomic mass is 9.82. The zero-order valence-corrected chi connectivity index (χ0v) is 11.6. The second-order valence-corrected chi connectivity index (χ2v) is 5.13. The molecular formula is C15H24N2O. The molecule has 1 N–H and O–H groups in total. The summed E-state index contributed by atoms with van der Waals surface area (Å²) in [6.45, 7) is 5.37. The van der Waals surface area contributed by atoms with Crippen LogP contribution in [-0.4, -0.2) is 30.8 Å². The van der Waals surface area contributed by atoms with Crippen LogP contribution in [0, 0.1) is 5.92 Å². The summed E-state index contributed by atoms with van der Waals surface area (Å²) < 4.78 is 5.82. The molecule has 2 heterocycles. The van der Waals surface area contributed by atoms with Gasteiger partial charge in [-0.05, 0) is 32.0 Å². The molecule has 0 aliphatic carbocycles. The fraction of sp³-hybridized carbons (Fsp3) is 0.667. The highest BCUT2D eigenvalue weighted by Crippen LogP contribution is 2.32. The van der Waals surface area contributed by atoms with Gasteiger partial charge in [0.15, 0.2) is 0 Å².